The fraction of sp³-hybridized carbons (Fsp3) is 0.222. The number of hydrogen-bond acceptors (Lipinski definition) is 10. The van der Waals surface area contributed by atoms with E-state index in [4.69, 9.17) is 18.9 Å². The number of para-hydroxylation sites is 2. The Bertz CT molecular complexity index is 2010. The lowest BCUT2D eigenvalue weighted by Gasteiger charge is -2.20. The van der Waals surface area contributed by atoms with Gasteiger partial charge >= 0.3 is 0 Å². The van der Waals surface area contributed by atoms with E-state index in [1.165, 1.54) is 31.5 Å². The molecule has 0 aliphatic rings. The first-order valence-electron chi connectivity index (χ1n) is 15.0. The van der Waals surface area contributed by atoms with Gasteiger partial charge in [0.25, 0.3) is 15.9 Å². The number of hydrogen-bond donors (Lipinski definition) is 1. The van der Waals surface area contributed by atoms with Crippen LogP contribution >= 0.6 is 0 Å². The highest BCUT2D eigenvalue weighted by atomic mass is 32.2. The Hall–Kier alpha value is -5.51. The second-order valence-electron chi connectivity index (χ2n) is 11.6. The monoisotopic (exact) mass is 665 g/mol. The molecule has 0 amide bonds. The van der Waals surface area contributed by atoms with Crippen molar-refractivity contribution in [2.24, 2.45) is 0 Å². The molecule has 0 aliphatic carbocycles. The van der Waals surface area contributed by atoms with Crippen LogP contribution in [0.25, 0.3) is 11.4 Å². The molecule has 0 fully saturated rings. The first kappa shape index (κ1) is 33.8. The maximum absolute atomic E-state index is 13.8. The molecule has 0 saturated heterocycles. The average molecular weight is 666 g/mol. The third-order valence-corrected chi connectivity index (χ3v) is 8.44. The number of methoxy groups -OCH3 is 1. The highest BCUT2D eigenvalue weighted by molar-refractivity contribution is 7.92. The summed E-state index contributed by atoms with van der Waals surface area (Å²) in [5.74, 6) is 0.370. The topological polar surface area (TPSA) is 146 Å². The van der Waals surface area contributed by atoms with Gasteiger partial charge in [-0.1, -0.05) is 75.4 Å². The molecule has 11 nitrogen and oxygen atoms in total. The van der Waals surface area contributed by atoms with Crippen LogP contribution in [0.2, 0.25) is 0 Å². The Balaban J connectivity index is 1.56. The largest absolute Gasteiger partial charge is 0.493 e. The molecule has 0 atom stereocenters. The van der Waals surface area contributed by atoms with Crippen LogP contribution in [-0.4, -0.2) is 43.7 Å². The van der Waals surface area contributed by atoms with Gasteiger partial charge in [-0.3, -0.25) is 4.72 Å². The normalized spacial score (nSPS) is 11.4. The average Bonchev–Trinajstić information content (AvgIpc) is 3.09. The lowest BCUT2D eigenvalue weighted by molar-refractivity contribution is 0.0866. The summed E-state index contributed by atoms with van der Waals surface area (Å²) in [7, 11) is -2.70. The van der Waals surface area contributed by atoms with Crippen LogP contribution in [-0.2, 0) is 26.8 Å². The molecule has 0 aliphatic heterocycles. The number of ether oxygens (including phenoxy) is 4. The van der Waals surface area contributed by atoms with E-state index in [1.807, 2.05) is 57.2 Å². The molecule has 3 aromatic carbocycles. The van der Waals surface area contributed by atoms with Crippen molar-refractivity contribution in [3.8, 4) is 40.6 Å². The molecule has 5 rings (SSSR count). The Labute approximate surface area is 280 Å². The van der Waals surface area contributed by atoms with Gasteiger partial charge in [0.15, 0.2) is 23.1 Å². The van der Waals surface area contributed by atoms with E-state index >= 15 is 0 Å². The summed E-state index contributed by atoms with van der Waals surface area (Å²) in [5.41, 5.74) is 2.34. The third-order valence-electron chi connectivity index (χ3n) is 7.09. The van der Waals surface area contributed by atoms with Gasteiger partial charge in [0.1, 0.15) is 18.4 Å². The minimum atomic E-state index is -4.19. The summed E-state index contributed by atoms with van der Waals surface area (Å²) < 4.78 is 53.9. The van der Waals surface area contributed by atoms with E-state index in [9.17, 15) is 13.7 Å². The Morgan fingerprint density at radius 1 is 0.875 bits per heavy atom. The molecule has 0 spiro atoms. The zero-order valence-electron chi connectivity index (χ0n) is 27.0. The summed E-state index contributed by atoms with van der Waals surface area (Å²) in [6, 6.07) is 28.3. The molecule has 2 aromatic heterocycles. The van der Waals surface area contributed by atoms with E-state index in [2.05, 4.69) is 19.7 Å². The number of pyridine rings is 1. The van der Waals surface area contributed by atoms with Gasteiger partial charge in [0.05, 0.1) is 25.2 Å². The smallest absolute Gasteiger partial charge is 0.263 e. The summed E-state index contributed by atoms with van der Waals surface area (Å²) >= 11 is 0. The van der Waals surface area contributed by atoms with Crippen molar-refractivity contribution < 1.29 is 27.4 Å². The van der Waals surface area contributed by atoms with Gasteiger partial charge < -0.3 is 18.9 Å². The number of benzene rings is 3. The van der Waals surface area contributed by atoms with Crippen molar-refractivity contribution in [1.29, 1.82) is 5.26 Å². The van der Waals surface area contributed by atoms with E-state index in [0.29, 0.717) is 17.9 Å². The fourth-order valence-electron chi connectivity index (χ4n) is 4.54. The lowest BCUT2D eigenvalue weighted by Crippen LogP contribution is -2.17. The standard InChI is InChI=1S/C36H35N5O6S/c1-36(2,3)27-14-16-29(17-15-27)48(42,43)41-34-32(47-31-13-9-8-12-30(31)44-4)35(46-21-20-45-24-25-10-6-5-7-11-25)40-33(39-34)26-18-19-38-28(22-26)23-37/h5-19,22H,20-21,24H2,1-4H3,(H,39,40,41). The number of rotatable bonds is 13. The van der Waals surface area contributed by atoms with Crippen LogP contribution in [0, 0.1) is 11.3 Å². The number of sulfonamides is 1. The van der Waals surface area contributed by atoms with Gasteiger partial charge in [0.2, 0.25) is 5.75 Å². The van der Waals surface area contributed by atoms with E-state index in [0.717, 1.165) is 11.1 Å². The molecule has 0 radical (unpaired) electrons. The summed E-state index contributed by atoms with van der Waals surface area (Å²) in [5, 5.41) is 9.46. The maximum atomic E-state index is 13.8. The number of nitrogens with zero attached hydrogens (tertiary/aromatic N) is 4. The highest BCUT2D eigenvalue weighted by Crippen LogP contribution is 2.41. The molecule has 48 heavy (non-hydrogen) atoms. The minimum absolute atomic E-state index is 0.0198. The van der Waals surface area contributed by atoms with E-state index in [-0.39, 0.29) is 58.2 Å². The van der Waals surface area contributed by atoms with E-state index in [1.54, 1.807) is 42.5 Å². The van der Waals surface area contributed by atoms with Crippen LogP contribution < -0.4 is 18.9 Å². The molecule has 0 saturated carbocycles. The fourth-order valence-corrected chi connectivity index (χ4v) is 5.55. The van der Waals surface area contributed by atoms with Gasteiger partial charge in [-0.25, -0.2) is 18.4 Å². The summed E-state index contributed by atoms with van der Waals surface area (Å²) in [6.45, 7) is 6.75. The van der Waals surface area contributed by atoms with Crippen LogP contribution in [0.1, 0.15) is 37.6 Å². The molecule has 12 heteroatoms. The van der Waals surface area contributed by atoms with Crippen LogP contribution in [0.3, 0.4) is 0 Å². The first-order chi connectivity index (χ1) is 23.1. The van der Waals surface area contributed by atoms with Crippen LogP contribution in [0.4, 0.5) is 5.82 Å². The molecule has 2 heterocycles. The van der Waals surface area contributed by atoms with E-state index < -0.39 is 10.0 Å². The van der Waals surface area contributed by atoms with Crippen molar-refractivity contribution in [2.75, 3.05) is 25.0 Å². The molecule has 246 valence electrons. The Morgan fingerprint density at radius 3 is 2.27 bits per heavy atom. The van der Waals surface area contributed by atoms with Crippen LogP contribution in [0.15, 0.2) is 102 Å². The third kappa shape index (κ3) is 8.44. The zero-order valence-corrected chi connectivity index (χ0v) is 27.8. The van der Waals surface area contributed by atoms with Gasteiger partial charge in [-0.2, -0.15) is 10.2 Å². The molecular weight excluding hydrogens is 630 g/mol. The maximum Gasteiger partial charge on any atom is 0.263 e. The minimum Gasteiger partial charge on any atom is -0.493 e. The zero-order chi connectivity index (χ0) is 34.1. The summed E-state index contributed by atoms with van der Waals surface area (Å²) in [6.07, 6.45) is 1.44. The number of aromatic nitrogens is 3. The number of nitriles is 1. The van der Waals surface area contributed by atoms with Crippen molar-refractivity contribution >= 4 is 15.8 Å². The predicted octanol–water partition coefficient (Wildman–Crippen LogP) is 6.91. The van der Waals surface area contributed by atoms with Crippen LogP contribution in [0.5, 0.6) is 23.1 Å². The van der Waals surface area contributed by atoms with Crippen molar-refractivity contribution in [1.82, 2.24) is 15.0 Å². The first-order valence-corrected chi connectivity index (χ1v) is 16.5. The molecule has 0 unspecified atom stereocenters. The quantitative estimate of drug-likeness (QED) is 0.132. The van der Waals surface area contributed by atoms with Gasteiger partial charge in [-0.15, -0.1) is 0 Å². The Kier molecular flexibility index (Phi) is 10.5. The molecule has 0 bridgehead atoms. The predicted molar refractivity (Wildman–Crippen MR) is 181 cm³/mol. The van der Waals surface area contributed by atoms with Gasteiger partial charge in [-0.05, 0) is 52.9 Å². The highest BCUT2D eigenvalue weighted by Gasteiger charge is 2.26. The van der Waals surface area contributed by atoms with Gasteiger partial charge in [0, 0.05) is 11.8 Å². The van der Waals surface area contributed by atoms with Crippen molar-refractivity contribution in [3.63, 3.8) is 0 Å². The molecule has 5 aromatic rings. The van der Waals surface area contributed by atoms with Crippen molar-refractivity contribution in [2.45, 2.75) is 37.7 Å². The molecule has 1 N–H and O–H groups in total. The second kappa shape index (κ2) is 14.9. The second-order valence-corrected chi connectivity index (χ2v) is 13.3. The number of nitrogens with one attached hydrogen (secondary N) is 1. The SMILES string of the molecule is COc1ccccc1Oc1c(NS(=O)(=O)c2ccc(C(C)(C)C)cc2)nc(-c2ccnc(C#N)c2)nc1OCCOCc1ccccc1. The lowest BCUT2D eigenvalue weighted by atomic mass is 9.87. The Morgan fingerprint density at radius 2 is 1.58 bits per heavy atom. The van der Waals surface area contributed by atoms with Crippen molar-refractivity contribution in [3.05, 3.63) is 114 Å². The molecular formula is C36H35N5O6S. The summed E-state index contributed by atoms with van der Waals surface area (Å²) in [4.78, 5) is 13.2. The number of anilines is 1.